The van der Waals surface area contributed by atoms with Crippen LogP contribution in [0.5, 0.6) is 0 Å². The molecule has 0 heterocycles. The SMILES string of the molecule is [CH3-].[CH3-].[CH3-].[CH3-].[CH3-].[Th].c1cc[cH-]c1. The molecule has 0 nitrogen and oxygen atoms in total. The summed E-state index contributed by atoms with van der Waals surface area (Å²) in [7, 11) is 0. The smallest absolute Gasteiger partial charge is 0 e. The molecular formula is C10H20Th-6. The molecule has 0 saturated heterocycles. The number of hydrogen-bond donors (Lipinski definition) is 0. The van der Waals surface area contributed by atoms with Gasteiger partial charge in [0.25, 0.3) is 0 Å². The monoisotopic (exact) mass is 372 g/mol. The van der Waals surface area contributed by atoms with E-state index < -0.39 is 0 Å². The predicted molar refractivity (Wildman–Crippen MR) is 54.1 cm³/mol. The second-order valence-electron chi connectivity index (χ2n) is 0.962. The van der Waals surface area contributed by atoms with Gasteiger partial charge in [0.05, 0.1) is 0 Å². The first-order valence-electron chi connectivity index (χ1n) is 1.67. The van der Waals surface area contributed by atoms with Crippen molar-refractivity contribution in [2.75, 3.05) is 0 Å². The van der Waals surface area contributed by atoms with Gasteiger partial charge in [-0.15, -0.1) is 0 Å². The molecule has 0 saturated carbocycles. The standard InChI is InChI=1S/C5H5.5CH3.Th/c1-2-4-5-3-1;;;;;;/h1-5H;5*1H3;/q6*-1;. The van der Waals surface area contributed by atoms with Crippen LogP contribution in [0.25, 0.3) is 0 Å². The molecule has 1 aromatic rings. The van der Waals surface area contributed by atoms with Crippen LogP contribution in [0.4, 0.5) is 0 Å². The van der Waals surface area contributed by atoms with Crippen molar-refractivity contribution < 1.29 is 39.9 Å². The van der Waals surface area contributed by atoms with E-state index >= 15 is 0 Å². The zero-order valence-corrected chi connectivity index (χ0v) is 12.5. The molecular weight excluding hydrogens is 352 g/mol. The van der Waals surface area contributed by atoms with Crippen molar-refractivity contribution >= 4 is 0 Å². The fraction of sp³-hybridized carbons (Fsp3) is 0. The van der Waals surface area contributed by atoms with E-state index in [1.165, 1.54) is 0 Å². The van der Waals surface area contributed by atoms with E-state index in [0.717, 1.165) is 0 Å². The minimum atomic E-state index is 0. The predicted octanol–water partition coefficient (Wildman–Crippen LogP) is 3.66. The van der Waals surface area contributed by atoms with Gasteiger partial charge < -0.3 is 37.1 Å². The molecule has 0 aliphatic rings. The molecule has 0 aliphatic carbocycles. The van der Waals surface area contributed by atoms with Crippen molar-refractivity contribution in [3.63, 3.8) is 0 Å². The molecule has 0 spiro atoms. The first kappa shape index (κ1) is 41.3. The third-order valence-corrected chi connectivity index (χ3v) is 0.556. The molecule has 11 heavy (non-hydrogen) atoms. The first-order chi connectivity index (χ1) is 2.50. The van der Waals surface area contributed by atoms with Crippen LogP contribution in [0.15, 0.2) is 30.3 Å². The van der Waals surface area contributed by atoms with Crippen molar-refractivity contribution in [2.24, 2.45) is 0 Å². The van der Waals surface area contributed by atoms with Crippen molar-refractivity contribution in [3.05, 3.63) is 67.5 Å². The van der Waals surface area contributed by atoms with Gasteiger partial charge in [-0.25, -0.2) is 12.1 Å². The van der Waals surface area contributed by atoms with E-state index in [0.29, 0.717) is 0 Å². The summed E-state index contributed by atoms with van der Waals surface area (Å²) in [6, 6.07) is 10.0. The van der Waals surface area contributed by atoms with E-state index in [2.05, 4.69) is 0 Å². The Kier molecular flexibility index (Phi) is 117. The third-order valence-electron chi connectivity index (χ3n) is 0.556. The fourth-order valence-electron chi connectivity index (χ4n) is 0.321. The Hall–Kier alpha value is 0.675. The summed E-state index contributed by atoms with van der Waals surface area (Å²) in [6.45, 7) is 0. The second kappa shape index (κ2) is 31.0. The Labute approximate surface area is 106 Å². The van der Waals surface area contributed by atoms with E-state index in [1.807, 2.05) is 30.3 Å². The average molecular weight is 372 g/mol. The average Bonchev–Trinajstić information content (AvgIpc) is 1.76. The number of rotatable bonds is 0. The van der Waals surface area contributed by atoms with Crippen LogP contribution >= 0.6 is 0 Å². The molecule has 0 bridgehead atoms. The Morgan fingerprint density at radius 1 is 0.636 bits per heavy atom. The second-order valence-corrected chi connectivity index (χ2v) is 0.962. The first-order valence-corrected chi connectivity index (χ1v) is 1.67. The molecule has 0 aromatic heterocycles. The van der Waals surface area contributed by atoms with Crippen LogP contribution in [0.3, 0.4) is 0 Å². The largest absolute Gasteiger partial charge is 0.358 e. The van der Waals surface area contributed by atoms with Gasteiger partial charge in [0.2, 0.25) is 0 Å². The Bertz CT molecular complexity index is 61.3. The van der Waals surface area contributed by atoms with Crippen molar-refractivity contribution in [1.29, 1.82) is 0 Å². The van der Waals surface area contributed by atoms with Crippen LogP contribution in [0.2, 0.25) is 0 Å². The van der Waals surface area contributed by atoms with Gasteiger partial charge in [0, 0.05) is 39.9 Å². The maximum absolute atomic E-state index is 2.00. The molecule has 0 atom stereocenters. The molecule has 1 rings (SSSR count). The number of hydrogen-bond acceptors (Lipinski definition) is 0. The quantitative estimate of drug-likeness (QED) is 0.610. The molecule has 70 valence electrons. The van der Waals surface area contributed by atoms with Crippen LogP contribution in [0.1, 0.15) is 0 Å². The molecule has 1 aromatic carbocycles. The summed E-state index contributed by atoms with van der Waals surface area (Å²) in [4.78, 5) is 0. The van der Waals surface area contributed by atoms with Crippen LogP contribution in [-0.4, -0.2) is 0 Å². The zero-order chi connectivity index (χ0) is 3.54. The van der Waals surface area contributed by atoms with Crippen molar-refractivity contribution in [2.45, 2.75) is 0 Å². The summed E-state index contributed by atoms with van der Waals surface area (Å²) in [5.74, 6) is 0. The van der Waals surface area contributed by atoms with Crippen molar-refractivity contribution in [1.82, 2.24) is 0 Å². The maximum Gasteiger partial charge on any atom is 0 e. The Balaban J connectivity index is -0.0000000104. The Morgan fingerprint density at radius 2 is 0.909 bits per heavy atom. The Morgan fingerprint density at radius 3 is 1.00 bits per heavy atom. The van der Waals surface area contributed by atoms with Crippen LogP contribution in [-0.2, 0) is 0 Å². The van der Waals surface area contributed by atoms with Crippen LogP contribution in [0, 0.1) is 77.1 Å². The summed E-state index contributed by atoms with van der Waals surface area (Å²) in [5, 5.41) is 0. The fourth-order valence-corrected chi connectivity index (χ4v) is 0.321. The molecule has 0 aliphatic heterocycles. The van der Waals surface area contributed by atoms with Gasteiger partial charge in [0.15, 0.2) is 0 Å². The topological polar surface area (TPSA) is 0 Å². The third kappa shape index (κ3) is 24.9. The molecule has 0 N–H and O–H groups in total. The summed E-state index contributed by atoms with van der Waals surface area (Å²) in [6.07, 6.45) is 0. The van der Waals surface area contributed by atoms with Gasteiger partial charge in [-0.2, -0.15) is 18.2 Å². The van der Waals surface area contributed by atoms with Crippen LogP contribution < -0.4 is 0 Å². The summed E-state index contributed by atoms with van der Waals surface area (Å²) in [5.41, 5.74) is 0. The zero-order valence-electron chi connectivity index (χ0n) is 8.39. The van der Waals surface area contributed by atoms with Crippen molar-refractivity contribution in [3.8, 4) is 0 Å². The molecule has 0 unspecified atom stereocenters. The molecule has 1 heteroatoms. The summed E-state index contributed by atoms with van der Waals surface area (Å²) < 4.78 is 0. The molecule has 0 fully saturated rings. The normalized spacial score (nSPS) is 3.64. The minimum absolute atomic E-state index is 0. The van der Waals surface area contributed by atoms with E-state index in [-0.39, 0.29) is 77.1 Å². The van der Waals surface area contributed by atoms with E-state index in [4.69, 9.17) is 0 Å². The van der Waals surface area contributed by atoms with Gasteiger partial charge in [-0.1, -0.05) is 0 Å². The van der Waals surface area contributed by atoms with Gasteiger partial charge >= 0.3 is 0 Å². The summed E-state index contributed by atoms with van der Waals surface area (Å²) >= 11 is 0. The van der Waals surface area contributed by atoms with E-state index in [1.54, 1.807) is 0 Å². The van der Waals surface area contributed by atoms with E-state index in [9.17, 15) is 0 Å². The maximum atomic E-state index is 2.00. The van der Waals surface area contributed by atoms with Gasteiger partial charge in [-0.05, 0) is 0 Å². The van der Waals surface area contributed by atoms with Gasteiger partial charge in [0.1, 0.15) is 0 Å². The van der Waals surface area contributed by atoms with Gasteiger partial charge in [-0.3, -0.25) is 0 Å². The minimum Gasteiger partial charge on any atom is -0.358 e. The molecule has 0 amide bonds. The molecule has 0 radical (unpaired) electrons.